The molecule has 12 heteroatoms. The molecule has 4 rings (SSSR count). The second-order valence-electron chi connectivity index (χ2n) is 7.51. The van der Waals surface area contributed by atoms with Crippen LogP contribution in [-0.2, 0) is 19.5 Å². The Morgan fingerprint density at radius 2 is 1.80 bits per heavy atom. The summed E-state index contributed by atoms with van der Waals surface area (Å²) in [5, 5.41) is 15.4. The summed E-state index contributed by atoms with van der Waals surface area (Å²) in [7, 11) is -3.92. The van der Waals surface area contributed by atoms with Gasteiger partial charge in [0.1, 0.15) is 12.4 Å². The van der Waals surface area contributed by atoms with E-state index in [4.69, 9.17) is 25.8 Å². The summed E-state index contributed by atoms with van der Waals surface area (Å²) in [5.74, 6) is -0.176. The fourth-order valence-corrected chi connectivity index (χ4v) is 4.30. The van der Waals surface area contributed by atoms with Gasteiger partial charge in [0.15, 0.2) is 0 Å². The molecule has 0 aromatic heterocycles. The van der Waals surface area contributed by atoms with E-state index in [1.54, 1.807) is 60.7 Å². The summed E-state index contributed by atoms with van der Waals surface area (Å²) < 4.78 is 34.1. The molecule has 1 aliphatic heterocycles. The fourth-order valence-electron chi connectivity index (χ4n) is 3.54. The Labute approximate surface area is 200 Å². The van der Waals surface area contributed by atoms with Crippen LogP contribution in [0.5, 0.6) is 0 Å². The third-order valence-electron chi connectivity index (χ3n) is 5.15. The zero-order chi connectivity index (χ0) is 25.2. The van der Waals surface area contributed by atoms with E-state index in [1.807, 2.05) is 0 Å². The van der Waals surface area contributed by atoms with Crippen LogP contribution in [-0.4, -0.2) is 39.3 Å². The van der Waals surface area contributed by atoms with E-state index < -0.39 is 28.4 Å². The number of ether oxygens (including phenoxy) is 2. The van der Waals surface area contributed by atoms with Gasteiger partial charge in [0, 0.05) is 16.8 Å². The third-order valence-corrected chi connectivity index (χ3v) is 6.12. The van der Waals surface area contributed by atoms with Gasteiger partial charge in [-0.1, -0.05) is 42.5 Å². The third kappa shape index (κ3) is 5.23. The van der Waals surface area contributed by atoms with Crippen molar-refractivity contribution in [3.8, 4) is 11.1 Å². The number of cyclic esters (lactones) is 1. The second kappa shape index (κ2) is 9.44. The average molecular weight is 496 g/mol. The highest BCUT2D eigenvalue weighted by Crippen LogP contribution is 2.28. The molecule has 35 heavy (non-hydrogen) atoms. The van der Waals surface area contributed by atoms with Gasteiger partial charge in [0.2, 0.25) is 16.3 Å². The number of nitrogens with two attached hydrogens (primary N) is 2. The lowest BCUT2D eigenvalue weighted by atomic mass is 10.1. The average Bonchev–Trinajstić information content (AvgIpc) is 3.18. The van der Waals surface area contributed by atoms with Gasteiger partial charge in [0.05, 0.1) is 10.6 Å². The number of carbonyl (C=O) groups excluding carboxylic acids is 2. The minimum atomic E-state index is -3.92. The van der Waals surface area contributed by atoms with Crippen LogP contribution in [0.25, 0.3) is 11.1 Å². The summed E-state index contributed by atoms with van der Waals surface area (Å²) in [5.41, 5.74) is 7.65. The molecule has 0 saturated carbocycles. The number of benzene rings is 3. The van der Waals surface area contributed by atoms with Gasteiger partial charge in [-0.3, -0.25) is 10.7 Å². The molecule has 0 radical (unpaired) electrons. The summed E-state index contributed by atoms with van der Waals surface area (Å²) >= 11 is 0. The van der Waals surface area contributed by atoms with Crippen LogP contribution in [0, 0.1) is 5.41 Å². The van der Waals surface area contributed by atoms with Gasteiger partial charge in [-0.15, -0.1) is 0 Å². The lowest BCUT2D eigenvalue weighted by Crippen LogP contribution is -2.38. The fraction of sp³-hybridized carbons (Fsp3) is 0.0870. The second-order valence-corrected chi connectivity index (χ2v) is 9.04. The Bertz CT molecular complexity index is 1410. The summed E-state index contributed by atoms with van der Waals surface area (Å²) in [6, 6.07) is 19.0. The minimum absolute atomic E-state index is 0.0139. The number of rotatable bonds is 6. The van der Waals surface area contributed by atoms with Crippen molar-refractivity contribution in [1.29, 1.82) is 5.41 Å². The van der Waals surface area contributed by atoms with Crippen molar-refractivity contribution in [1.82, 2.24) is 0 Å². The molecule has 3 aromatic rings. The number of amidine groups is 1. The predicted molar refractivity (Wildman–Crippen MR) is 128 cm³/mol. The normalized spacial score (nSPS) is 15.4. The molecule has 1 heterocycles. The molecule has 0 spiro atoms. The first kappa shape index (κ1) is 23.7. The Kier molecular flexibility index (Phi) is 6.40. The maximum absolute atomic E-state index is 12.5. The van der Waals surface area contributed by atoms with Crippen LogP contribution in [0.2, 0.25) is 0 Å². The minimum Gasteiger partial charge on any atom is -0.443 e. The molecular weight excluding hydrogens is 474 g/mol. The van der Waals surface area contributed by atoms with Crippen LogP contribution in [0.3, 0.4) is 0 Å². The van der Waals surface area contributed by atoms with E-state index in [9.17, 15) is 18.0 Å². The lowest BCUT2D eigenvalue weighted by Gasteiger charge is -2.22. The number of amides is 2. The molecule has 0 aliphatic carbocycles. The Balaban J connectivity index is 1.47. The number of nitrogens with one attached hydrogen (secondary N) is 2. The summed E-state index contributed by atoms with van der Waals surface area (Å²) in [6.45, 7) is -0.181. The molecule has 1 saturated heterocycles. The van der Waals surface area contributed by atoms with Gasteiger partial charge in [-0.25, -0.2) is 28.0 Å². The van der Waals surface area contributed by atoms with Gasteiger partial charge in [-0.2, -0.15) is 0 Å². The number of primary sulfonamides is 1. The van der Waals surface area contributed by atoms with Gasteiger partial charge in [-0.05, 0) is 35.9 Å². The van der Waals surface area contributed by atoms with Crippen molar-refractivity contribution >= 4 is 39.4 Å². The molecule has 11 nitrogen and oxygen atoms in total. The number of anilines is 2. The van der Waals surface area contributed by atoms with Crippen molar-refractivity contribution < 1.29 is 27.5 Å². The van der Waals surface area contributed by atoms with Crippen LogP contribution in [0.4, 0.5) is 21.0 Å². The highest BCUT2D eigenvalue weighted by Gasteiger charge is 2.37. The van der Waals surface area contributed by atoms with E-state index in [1.165, 1.54) is 12.1 Å². The first-order valence-electron chi connectivity index (χ1n) is 10.2. The standard InChI is InChI=1S/C23H21N5O6S/c24-21(25)15-4-3-5-17(12-15)28-20(13-33-23(28)30)34-22(29)27-16-10-8-14(9-11-16)18-6-1-2-7-19(18)35(26,31)32/h1-12,20H,13H2,(H3,24,25)(H,27,29)(H2,26,31,32). The van der Waals surface area contributed by atoms with Crippen molar-refractivity contribution in [2.75, 3.05) is 16.8 Å². The predicted octanol–water partition coefficient (Wildman–Crippen LogP) is 2.82. The van der Waals surface area contributed by atoms with Crippen molar-refractivity contribution in [3.63, 3.8) is 0 Å². The molecule has 180 valence electrons. The molecule has 3 aromatic carbocycles. The number of sulfonamides is 1. The number of carbonyl (C=O) groups is 2. The SMILES string of the molecule is N=C(N)c1cccc(N2C(=O)OCC2OC(=O)Nc2ccc(-c3ccccc3S(N)(=O)=O)cc2)c1. The number of nitrogens with zero attached hydrogens (tertiary/aromatic N) is 1. The Morgan fingerprint density at radius 1 is 1.09 bits per heavy atom. The largest absolute Gasteiger partial charge is 0.443 e. The van der Waals surface area contributed by atoms with Gasteiger partial charge >= 0.3 is 12.2 Å². The summed E-state index contributed by atoms with van der Waals surface area (Å²) in [4.78, 5) is 25.9. The van der Waals surface area contributed by atoms with Gasteiger partial charge < -0.3 is 15.2 Å². The molecular formula is C23H21N5O6S. The first-order chi connectivity index (χ1) is 16.6. The molecule has 6 N–H and O–H groups in total. The molecule has 2 amide bonds. The lowest BCUT2D eigenvalue weighted by molar-refractivity contribution is 0.0975. The maximum Gasteiger partial charge on any atom is 0.417 e. The van der Waals surface area contributed by atoms with E-state index in [-0.39, 0.29) is 17.3 Å². The highest BCUT2D eigenvalue weighted by molar-refractivity contribution is 7.89. The van der Waals surface area contributed by atoms with E-state index in [0.717, 1.165) is 4.90 Å². The van der Waals surface area contributed by atoms with E-state index >= 15 is 0 Å². The number of hydrogen-bond donors (Lipinski definition) is 4. The molecule has 0 bridgehead atoms. The van der Waals surface area contributed by atoms with Crippen LogP contribution in [0.15, 0.2) is 77.7 Å². The monoisotopic (exact) mass is 495 g/mol. The molecule has 1 aliphatic rings. The van der Waals surface area contributed by atoms with Crippen molar-refractivity contribution in [2.45, 2.75) is 11.1 Å². The highest BCUT2D eigenvalue weighted by atomic mass is 32.2. The summed E-state index contributed by atoms with van der Waals surface area (Å²) in [6.07, 6.45) is -2.58. The zero-order valence-electron chi connectivity index (χ0n) is 18.2. The van der Waals surface area contributed by atoms with Crippen molar-refractivity contribution in [3.05, 3.63) is 78.4 Å². The zero-order valence-corrected chi connectivity index (χ0v) is 19.0. The number of nitrogen functional groups attached to an aromatic ring is 1. The van der Waals surface area contributed by atoms with E-state index in [0.29, 0.717) is 28.1 Å². The molecule has 1 atom stereocenters. The van der Waals surface area contributed by atoms with Crippen LogP contribution >= 0.6 is 0 Å². The smallest absolute Gasteiger partial charge is 0.417 e. The van der Waals surface area contributed by atoms with Crippen molar-refractivity contribution in [2.24, 2.45) is 10.9 Å². The quantitative estimate of drug-likeness (QED) is 0.300. The molecule has 1 unspecified atom stereocenters. The first-order valence-corrected chi connectivity index (χ1v) is 11.8. The van der Waals surface area contributed by atoms with Crippen LogP contribution < -0.4 is 21.1 Å². The molecule has 1 fully saturated rings. The van der Waals surface area contributed by atoms with Gasteiger partial charge in [0.25, 0.3) is 0 Å². The Morgan fingerprint density at radius 3 is 2.49 bits per heavy atom. The van der Waals surface area contributed by atoms with E-state index in [2.05, 4.69) is 5.32 Å². The van der Waals surface area contributed by atoms with Crippen LogP contribution in [0.1, 0.15) is 5.56 Å². The maximum atomic E-state index is 12.5. The topological polar surface area (TPSA) is 178 Å². The number of hydrogen-bond acceptors (Lipinski definition) is 7. The Hall–Kier alpha value is -4.42.